The van der Waals surface area contributed by atoms with Crippen molar-refractivity contribution in [3.63, 3.8) is 0 Å². The van der Waals surface area contributed by atoms with E-state index < -0.39 is 12.1 Å². The zero-order valence-electron chi connectivity index (χ0n) is 13.8. The molecule has 0 unspecified atom stereocenters. The van der Waals surface area contributed by atoms with Crippen molar-refractivity contribution in [3.05, 3.63) is 65.7 Å². The fourth-order valence-electron chi connectivity index (χ4n) is 2.20. The second kappa shape index (κ2) is 8.72. The Balaban J connectivity index is 1.92. The molecule has 0 saturated carbocycles. The molecule has 0 aliphatic rings. The Kier molecular flexibility index (Phi) is 6.37. The second-order valence-electron chi connectivity index (χ2n) is 5.42. The quantitative estimate of drug-likeness (QED) is 0.848. The van der Waals surface area contributed by atoms with Gasteiger partial charge in [0.05, 0.1) is 13.2 Å². The first-order valence-corrected chi connectivity index (χ1v) is 7.69. The van der Waals surface area contributed by atoms with Crippen LogP contribution in [-0.4, -0.2) is 25.0 Å². The van der Waals surface area contributed by atoms with Crippen molar-refractivity contribution >= 4 is 11.9 Å². The molecule has 0 saturated heterocycles. The average molecular weight is 327 g/mol. The number of methoxy groups -OCH3 is 1. The highest BCUT2D eigenvalue weighted by molar-refractivity contribution is 5.85. The first-order chi connectivity index (χ1) is 11.6. The van der Waals surface area contributed by atoms with E-state index in [1.54, 1.807) is 0 Å². The van der Waals surface area contributed by atoms with Gasteiger partial charge in [-0.3, -0.25) is 4.79 Å². The molecule has 0 radical (unpaired) electrons. The van der Waals surface area contributed by atoms with Gasteiger partial charge >= 0.3 is 6.09 Å². The predicted octanol–water partition coefficient (Wildman–Crippen LogP) is 3.12. The molecule has 5 heteroatoms. The molecule has 5 nitrogen and oxygen atoms in total. The highest BCUT2D eigenvalue weighted by Gasteiger charge is 2.17. The van der Waals surface area contributed by atoms with Gasteiger partial charge in [0.1, 0.15) is 12.4 Å². The zero-order chi connectivity index (χ0) is 17.4. The normalized spacial score (nSPS) is 11.4. The summed E-state index contributed by atoms with van der Waals surface area (Å²) in [4.78, 5) is 22.9. The average Bonchev–Trinajstić information content (AvgIpc) is 2.61. The van der Waals surface area contributed by atoms with E-state index in [2.05, 4.69) is 10.1 Å². The van der Waals surface area contributed by atoms with Gasteiger partial charge in [-0.1, -0.05) is 42.5 Å². The molecule has 1 amide bonds. The minimum absolute atomic E-state index is 0.121. The van der Waals surface area contributed by atoms with Gasteiger partial charge in [0, 0.05) is 0 Å². The molecule has 0 aromatic heterocycles. The zero-order valence-corrected chi connectivity index (χ0v) is 13.8. The number of nitrogens with one attached hydrogen (secondary N) is 1. The number of ketones is 1. The fourth-order valence-corrected chi connectivity index (χ4v) is 2.20. The van der Waals surface area contributed by atoms with Gasteiger partial charge in [-0.2, -0.15) is 0 Å². The van der Waals surface area contributed by atoms with E-state index in [-0.39, 0.29) is 5.78 Å². The van der Waals surface area contributed by atoms with E-state index in [0.29, 0.717) is 13.0 Å². The van der Waals surface area contributed by atoms with Gasteiger partial charge in [0.2, 0.25) is 0 Å². The number of hydrogen-bond donors (Lipinski definition) is 1. The lowest BCUT2D eigenvalue weighted by atomic mass is 10.0. The largest absolute Gasteiger partial charge is 0.489 e. The maximum absolute atomic E-state index is 11.6. The molecule has 0 bridgehead atoms. The molecule has 0 aliphatic heterocycles. The number of carbonyl (C=O) groups is 2. The van der Waals surface area contributed by atoms with Crippen LogP contribution in [0.5, 0.6) is 5.75 Å². The fraction of sp³-hybridized carbons (Fsp3) is 0.263. The molecule has 0 fully saturated rings. The van der Waals surface area contributed by atoms with Crippen molar-refractivity contribution < 1.29 is 19.1 Å². The van der Waals surface area contributed by atoms with Crippen LogP contribution in [0.25, 0.3) is 0 Å². The van der Waals surface area contributed by atoms with Gasteiger partial charge in [0.15, 0.2) is 5.78 Å². The van der Waals surface area contributed by atoms with E-state index in [9.17, 15) is 9.59 Å². The van der Waals surface area contributed by atoms with Crippen LogP contribution in [0.2, 0.25) is 0 Å². The second-order valence-corrected chi connectivity index (χ2v) is 5.42. The van der Waals surface area contributed by atoms with Crippen LogP contribution in [-0.2, 0) is 22.6 Å². The number of hydrogen-bond acceptors (Lipinski definition) is 4. The van der Waals surface area contributed by atoms with E-state index in [4.69, 9.17) is 4.74 Å². The van der Waals surface area contributed by atoms with Crippen molar-refractivity contribution in [2.45, 2.75) is 26.0 Å². The standard InChI is InChI=1S/C19H21NO4/c1-14(21)18(20-19(22)23-2)12-15-8-10-17(11-9-15)24-13-16-6-4-3-5-7-16/h3-11,18H,12-13H2,1-2H3,(H,20,22)/t18-/m0/s1. The molecular formula is C19H21NO4. The van der Waals surface area contributed by atoms with Crippen molar-refractivity contribution in [3.8, 4) is 5.75 Å². The number of amides is 1. The van der Waals surface area contributed by atoms with Crippen LogP contribution in [0.3, 0.4) is 0 Å². The summed E-state index contributed by atoms with van der Waals surface area (Å²) in [5.74, 6) is 0.632. The molecule has 2 rings (SSSR count). The molecule has 2 aromatic rings. The van der Waals surface area contributed by atoms with Gasteiger partial charge in [-0.05, 0) is 36.6 Å². The summed E-state index contributed by atoms with van der Waals surface area (Å²) in [5.41, 5.74) is 2.03. The highest BCUT2D eigenvalue weighted by atomic mass is 16.5. The van der Waals surface area contributed by atoms with E-state index in [0.717, 1.165) is 16.9 Å². The third-order valence-electron chi connectivity index (χ3n) is 3.58. The Morgan fingerprint density at radius 3 is 2.25 bits per heavy atom. The summed E-state index contributed by atoms with van der Waals surface area (Å²) < 4.78 is 10.3. The molecule has 0 spiro atoms. The molecule has 2 aromatic carbocycles. The lowest BCUT2D eigenvalue weighted by molar-refractivity contribution is -0.118. The first kappa shape index (κ1) is 17.5. The van der Waals surface area contributed by atoms with Crippen LogP contribution in [0.1, 0.15) is 18.1 Å². The molecule has 126 valence electrons. The lowest BCUT2D eigenvalue weighted by Gasteiger charge is -2.15. The van der Waals surface area contributed by atoms with Crippen LogP contribution in [0.15, 0.2) is 54.6 Å². The number of alkyl carbamates (subject to hydrolysis) is 1. The number of benzene rings is 2. The minimum atomic E-state index is -0.613. The number of carbonyl (C=O) groups excluding carboxylic acids is 2. The lowest BCUT2D eigenvalue weighted by Crippen LogP contribution is -2.41. The van der Waals surface area contributed by atoms with Crippen LogP contribution in [0.4, 0.5) is 4.79 Å². The summed E-state index contributed by atoms with van der Waals surface area (Å²) in [5, 5.41) is 2.53. The first-order valence-electron chi connectivity index (χ1n) is 7.69. The number of Topliss-reactive ketones (excluding diaryl/α,β-unsaturated/α-hetero) is 1. The molecule has 1 atom stereocenters. The third kappa shape index (κ3) is 5.43. The summed E-state index contributed by atoms with van der Waals surface area (Å²) in [6.07, 6.45) is -0.207. The summed E-state index contributed by atoms with van der Waals surface area (Å²) in [6.45, 7) is 1.94. The van der Waals surface area contributed by atoms with E-state index >= 15 is 0 Å². The molecule has 0 aliphatic carbocycles. The van der Waals surface area contributed by atoms with Gasteiger partial charge < -0.3 is 14.8 Å². The smallest absolute Gasteiger partial charge is 0.407 e. The van der Waals surface area contributed by atoms with Crippen LogP contribution in [0, 0.1) is 0 Å². The van der Waals surface area contributed by atoms with Crippen LogP contribution >= 0.6 is 0 Å². The van der Waals surface area contributed by atoms with Crippen molar-refractivity contribution in [1.29, 1.82) is 0 Å². The summed E-state index contributed by atoms with van der Waals surface area (Å²) in [7, 11) is 1.27. The Labute approximate surface area is 141 Å². The Hall–Kier alpha value is -2.82. The number of rotatable bonds is 7. The summed E-state index contributed by atoms with van der Waals surface area (Å²) in [6, 6.07) is 16.8. The summed E-state index contributed by atoms with van der Waals surface area (Å²) >= 11 is 0. The van der Waals surface area contributed by atoms with Gasteiger partial charge in [-0.15, -0.1) is 0 Å². The SMILES string of the molecule is COC(=O)N[C@@H](Cc1ccc(OCc2ccccc2)cc1)C(C)=O. The third-order valence-corrected chi connectivity index (χ3v) is 3.58. The molecule has 1 N–H and O–H groups in total. The van der Waals surface area contributed by atoms with Gasteiger partial charge in [-0.25, -0.2) is 4.79 Å². The van der Waals surface area contributed by atoms with Crippen molar-refractivity contribution in [2.75, 3.05) is 7.11 Å². The molecule has 0 heterocycles. The van der Waals surface area contributed by atoms with Gasteiger partial charge in [0.25, 0.3) is 0 Å². The van der Waals surface area contributed by atoms with E-state index in [1.165, 1.54) is 14.0 Å². The Morgan fingerprint density at radius 1 is 1.00 bits per heavy atom. The predicted molar refractivity (Wildman–Crippen MR) is 90.9 cm³/mol. The maximum Gasteiger partial charge on any atom is 0.407 e. The van der Waals surface area contributed by atoms with Crippen molar-refractivity contribution in [1.82, 2.24) is 5.32 Å². The molecule has 24 heavy (non-hydrogen) atoms. The minimum Gasteiger partial charge on any atom is -0.489 e. The van der Waals surface area contributed by atoms with Crippen LogP contribution < -0.4 is 10.1 Å². The van der Waals surface area contributed by atoms with E-state index in [1.807, 2.05) is 54.6 Å². The monoisotopic (exact) mass is 327 g/mol. The topological polar surface area (TPSA) is 64.6 Å². The molecular weight excluding hydrogens is 306 g/mol. The number of ether oxygens (including phenoxy) is 2. The Bertz CT molecular complexity index is 668. The maximum atomic E-state index is 11.6. The Morgan fingerprint density at radius 2 is 1.67 bits per heavy atom. The highest BCUT2D eigenvalue weighted by Crippen LogP contribution is 2.15. The van der Waals surface area contributed by atoms with Crippen molar-refractivity contribution in [2.24, 2.45) is 0 Å².